The lowest BCUT2D eigenvalue weighted by Gasteiger charge is -2.15. The van der Waals surface area contributed by atoms with Crippen molar-refractivity contribution < 1.29 is 9.53 Å². The Bertz CT molecular complexity index is 1400. The molecule has 2 aromatic carbocycles. The Hall–Kier alpha value is -3.10. The number of nitrogens with zero attached hydrogens (tertiary/aromatic N) is 2. The fourth-order valence-electron chi connectivity index (χ4n) is 4.23. The fourth-order valence-corrected chi connectivity index (χ4v) is 5.05. The van der Waals surface area contributed by atoms with E-state index in [4.69, 9.17) is 9.72 Å². The highest BCUT2D eigenvalue weighted by Crippen LogP contribution is 2.27. The molecule has 1 unspecified atom stereocenters. The summed E-state index contributed by atoms with van der Waals surface area (Å²) >= 11 is 1.27. The van der Waals surface area contributed by atoms with Crippen LogP contribution in [0.1, 0.15) is 24.0 Å². The number of nitrogens with one attached hydrogen (secondary N) is 2. The molecule has 0 spiro atoms. The number of aromatic nitrogens is 3. The van der Waals surface area contributed by atoms with E-state index in [0.29, 0.717) is 22.7 Å². The molecule has 8 heteroatoms. The number of carbonyl (C=O) groups excluding carboxylic acids is 1. The molecule has 2 aromatic heterocycles. The lowest BCUT2D eigenvalue weighted by molar-refractivity contribution is -0.119. The number of fused-ring (bicyclic) bond motifs is 3. The molecule has 170 valence electrons. The van der Waals surface area contributed by atoms with Crippen LogP contribution in [0.2, 0.25) is 0 Å². The first kappa shape index (κ1) is 21.7. The molecule has 7 nitrogen and oxygen atoms in total. The van der Waals surface area contributed by atoms with Gasteiger partial charge in [-0.25, -0.2) is 4.98 Å². The number of aryl methyl sites for hydroxylation is 2. The van der Waals surface area contributed by atoms with Crippen LogP contribution < -0.4 is 10.9 Å². The Balaban J connectivity index is 1.54. The number of thioether (sulfide) groups is 1. The van der Waals surface area contributed by atoms with Crippen molar-refractivity contribution in [2.24, 2.45) is 0 Å². The second-order valence-electron chi connectivity index (χ2n) is 8.45. The van der Waals surface area contributed by atoms with E-state index in [1.807, 2.05) is 56.3 Å². The van der Waals surface area contributed by atoms with Crippen LogP contribution in [0.4, 0.5) is 0 Å². The zero-order chi connectivity index (χ0) is 22.9. The molecule has 1 aliphatic heterocycles. The largest absolute Gasteiger partial charge is 0.376 e. The number of benzene rings is 2. The number of H-pyrrole nitrogens is 1. The topological polar surface area (TPSA) is 89.0 Å². The molecule has 0 bridgehead atoms. The lowest BCUT2D eigenvalue weighted by Crippen LogP contribution is -2.33. The summed E-state index contributed by atoms with van der Waals surface area (Å²) in [5.74, 6) is 0.0639. The van der Waals surface area contributed by atoms with E-state index >= 15 is 0 Å². The van der Waals surface area contributed by atoms with E-state index in [2.05, 4.69) is 10.3 Å². The minimum absolute atomic E-state index is 0.0905. The number of rotatable bonds is 6. The molecule has 1 aliphatic rings. The second kappa shape index (κ2) is 9.03. The van der Waals surface area contributed by atoms with Crippen molar-refractivity contribution >= 4 is 39.6 Å². The molecule has 3 heterocycles. The van der Waals surface area contributed by atoms with E-state index in [1.165, 1.54) is 11.8 Å². The van der Waals surface area contributed by atoms with Gasteiger partial charge in [0, 0.05) is 24.1 Å². The monoisotopic (exact) mass is 462 g/mol. The summed E-state index contributed by atoms with van der Waals surface area (Å²) in [6, 6.07) is 13.7. The van der Waals surface area contributed by atoms with Crippen LogP contribution in [0.3, 0.4) is 0 Å². The normalized spacial score (nSPS) is 16.0. The van der Waals surface area contributed by atoms with Crippen molar-refractivity contribution in [2.45, 2.75) is 37.9 Å². The van der Waals surface area contributed by atoms with Gasteiger partial charge in [-0.15, -0.1) is 0 Å². The zero-order valence-electron chi connectivity index (χ0n) is 18.7. The van der Waals surface area contributed by atoms with Gasteiger partial charge < -0.3 is 15.0 Å². The fraction of sp³-hybridized carbons (Fsp3) is 0.320. The third-order valence-electron chi connectivity index (χ3n) is 5.98. The van der Waals surface area contributed by atoms with Gasteiger partial charge in [-0.05, 0) is 49.9 Å². The van der Waals surface area contributed by atoms with Gasteiger partial charge in [-0.2, -0.15) is 0 Å². The van der Waals surface area contributed by atoms with Crippen LogP contribution >= 0.6 is 11.8 Å². The van der Waals surface area contributed by atoms with Gasteiger partial charge in [-0.1, -0.05) is 42.1 Å². The highest BCUT2D eigenvalue weighted by molar-refractivity contribution is 7.99. The van der Waals surface area contributed by atoms with Gasteiger partial charge >= 0.3 is 0 Å². The molecule has 0 aliphatic carbocycles. The third-order valence-corrected chi connectivity index (χ3v) is 6.92. The first-order valence-corrected chi connectivity index (χ1v) is 12.1. The van der Waals surface area contributed by atoms with Crippen molar-refractivity contribution in [3.8, 4) is 5.69 Å². The van der Waals surface area contributed by atoms with E-state index in [-0.39, 0.29) is 23.3 Å². The molecular weight excluding hydrogens is 436 g/mol. The first-order valence-electron chi connectivity index (χ1n) is 11.1. The minimum Gasteiger partial charge on any atom is -0.376 e. The van der Waals surface area contributed by atoms with Gasteiger partial charge in [0.15, 0.2) is 5.16 Å². The van der Waals surface area contributed by atoms with Crippen molar-refractivity contribution in [2.75, 3.05) is 18.9 Å². The van der Waals surface area contributed by atoms with Crippen molar-refractivity contribution in [3.05, 3.63) is 63.9 Å². The smallest absolute Gasteiger partial charge is 0.283 e. The standard InChI is InChI=1S/C25H26N4O3S/c1-15-9-10-16(2)20(12-15)29-24(31)23-22(18-7-3-4-8-19(18)27-23)28-25(29)33-14-21(30)26-13-17-6-5-11-32-17/h3-4,7-10,12,17,27H,5-6,11,13-14H2,1-2H3,(H,26,30). The summed E-state index contributed by atoms with van der Waals surface area (Å²) in [5, 5.41) is 4.33. The second-order valence-corrected chi connectivity index (χ2v) is 9.39. The molecule has 1 fully saturated rings. The van der Waals surface area contributed by atoms with Gasteiger partial charge in [0.25, 0.3) is 5.56 Å². The summed E-state index contributed by atoms with van der Waals surface area (Å²) in [5.41, 5.74) is 4.56. The molecule has 1 amide bonds. The molecular formula is C25H26N4O3S. The maximum atomic E-state index is 13.7. The molecule has 5 rings (SSSR count). The number of hydrogen-bond donors (Lipinski definition) is 2. The quantitative estimate of drug-likeness (QED) is 0.335. The maximum Gasteiger partial charge on any atom is 0.283 e. The summed E-state index contributed by atoms with van der Waals surface area (Å²) in [6.45, 7) is 5.23. The van der Waals surface area contributed by atoms with Crippen LogP contribution in [-0.2, 0) is 9.53 Å². The highest BCUT2D eigenvalue weighted by Gasteiger charge is 2.20. The average Bonchev–Trinajstić information content (AvgIpc) is 3.46. The maximum absolute atomic E-state index is 13.7. The van der Waals surface area contributed by atoms with E-state index in [0.717, 1.165) is 47.2 Å². The molecule has 33 heavy (non-hydrogen) atoms. The lowest BCUT2D eigenvalue weighted by atomic mass is 10.1. The van der Waals surface area contributed by atoms with Crippen LogP contribution in [0.5, 0.6) is 0 Å². The highest BCUT2D eigenvalue weighted by atomic mass is 32.2. The Morgan fingerprint density at radius 2 is 2.12 bits per heavy atom. The van der Waals surface area contributed by atoms with E-state index in [9.17, 15) is 9.59 Å². The summed E-state index contributed by atoms with van der Waals surface area (Å²) < 4.78 is 7.20. The van der Waals surface area contributed by atoms with Crippen molar-refractivity contribution in [1.29, 1.82) is 0 Å². The molecule has 0 saturated carbocycles. The molecule has 0 radical (unpaired) electrons. The Labute approximate surface area is 195 Å². The summed E-state index contributed by atoms with van der Waals surface area (Å²) in [4.78, 5) is 34.3. The van der Waals surface area contributed by atoms with E-state index < -0.39 is 0 Å². The number of para-hydroxylation sites is 1. The van der Waals surface area contributed by atoms with Gasteiger partial charge in [0.1, 0.15) is 11.0 Å². The van der Waals surface area contributed by atoms with Crippen molar-refractivity contribution in [1.82, 2.24) is 19.9 Å². The molecule has 1 atom stereocenters. The van der Waals surface area contributed by atoms with Crippen LogP contribution in [0.15, 0.2) is 52.4 Å². The van der Waals surface area contributed by atoms with Crippen molar-refractivity contribution in [3.63, 3.8) is 0 Å². The number of carbonyl (C=O) groups is 1. The predicted molar refractivity (Wildman–Crippen MR) is 131 cm³/mol. The van der Waals surface area contributed by atoms with Crippen LogP contribution in [0.25, 0.3) is 27.6 Å². The van der Waals surface area contributed by atoms with E-state index in [1.54, 1.807) is 4.57 Å². The first-order chi connectivity index (χ1) is 16.0. The Morgan fingerprint density at radius 1 is 1.27 bits per heavy atom. The third kappa shape index (κ3) is 4.28. The van der Waals surface area contributed by atoms with Crippen LogP contribution in [-0.4, -0.2) is 45.5 Å². The molecule has 4 aromatic rings. The number of ether oxygens (including phenoxy) is 1. The van der Waals surface area contributed by atoms with Gasteiger partial charge in [-0.3, -0.25) is 14.2 Å². The average molecular weight is 463 g/mol. The molecule has 2 N–H and O–H groups in total. The number of aromatic amines is 1. The minimum atomic E-state index is -0.174. The molecule has 1 saturated heterocycles. The SMILES string of the molecule is Cc1ccc(C)c(-n2c(SCC(=O)NCC3CCCO3)nc3c([nH]c4ccccc43)c2=O)c1. The Morgan fingerprint density at radius 3 is 2.94 bits per heavy atom. The van der Waals surface area contributed by atoms with Gasteiger partial charge in [0.05, 0.1) is 17.5 Å². The Kier molecular flexibility index (Phi) is 5.95. The zero-order valence-corrected chi connectivity index (χ0v) is 19.5. The van der Waals surface area contributed by atoms with Crippen LogP contribution in [0, 0.1) is 13.8 Å². The predicted octanol–water partition coefficient (Wildman–Crippen LogP) is 3.87. The summed E-state index contributed by atoms with van der Waals surface area (Å²) in [6.07, 6.45) is 2.09. The summed E-state index contributed by atoms with van der Waals surface area (Å²) in [7, 11) is 0. The number of amides is 1. The van der Waals surface area contributed by atoms with Gasteiger partial charge in [0.2, 0.25) is 5.91 Å². The number of hydrogen-bond acceptors (Lipinski definition) is 5.